The predicted octanol–water partition coefficient (Wildman–Crippen LogP) is 5.38. The van der Waals surface area contributed by atoms with Gasteiger partial charge in [0.2, 0.25) is 5.91 Å². The SMILES string of the molecule is O=C(/C=C/c1cn(-c2ccccc2)nc1-c1ccc(Cl)c(Cl)c1)N[C@@H](Cc1ccc(O)cc1)C(=O)O. The summed E-state index contributed by atoms with van der Waals surface area (Å²) in [5, 5.41) is 26.9. The molecule has 0 spiro atoms. The third-order valence-corrected chi connectivity index (χ3v) is 6.10. The maximum absolute atomic E-state index is 12.6. The molecule has 4 rings (SSSR count). The smallest absolute Gasteiger partial charge is 0.326 e. The standard InChI is InChI=1S/C27H21Cl2N3O4/c28-22-12-8-18(15-23(22)29)26-19(16-32(31-26)20-4-2-1-3-5-20)9-13-25(34)30-24(27(35)36)14-17-6-10-21(33)11-7-17/h1-13,15-16,24,33H,14H2,(H,30,34)(H,35,36)/b13-9+/t24-/m0/s1. The normalized spacial score (nSPS) is 11.9. The van der Waals surface area contributed by atoms with Crippen LogP contribution in [0.15, 0.2) is 85.1 Å². The van der Waals surface area contributed by atoms with Crippen molar-refractivity contribution >= 4 is 41.2 Å². The van der Waals surface area contributed by atoms with Crippen molar-refractivity contribution in [1.82, 2.24) is 15.1 Å². The fraction of sp³-hybridized carbons (Fsp3) is 0.0741. The maximum atomic E-state index is 12.6. The topological polar surface area (TPSA) is 104 Å². The highest BCUT2D eigenvalue weighted by Crippen LogP contribution is 2.30. The second-order valence-corrected chi connectivity index (χ2v) is 8.76. The van der Waals surface area contributed by atoms with Crippen molar-refractivity contribution in [2.45, 2.75) is 12.5 Å². The molecule has 9 heteroatoms. The molecule has 1 atom stereocenters. The quantitative estimate of drug-likeness (QED) is 0.270. The molecule has 3 aromatic carbocycles. The number of aliphatic carboxylic acids is 1. The lowest BCUT2D eigenvalue weighted by atomic mass is 10.1. The highest BCUT2D eigenvalue weighted by atomic mass is 35.5. The van der Waals surface area contributed by atoms with E-state index in [0.29, 0.717) is 32.4 Å². The predicted molar refractivity (Wildman–Crippen MR) is 139 cm³/mol. The number of hydrogen-bond acceptors (Lipinski definition) is 4. The molecule has 1 heterocycles. The summed E-state index contributed by atoms with van der Waals surface area (Å²) in [6.07, 6.45) is 4.66. The fourth-order valence-electron chi connectivity index (χ4n) is 3.54. The van der Waals surface area contributed by atoms with Crippen molar-refractivity contribution in [3.63, 3.8) is 0 Å². The molecule has 1 amide bonds. The fourth-order valence-corrected chi connectivity index (χ4v) is 3.84. The first-order valence-electron chi connectivity index (χ1n) is 10.9. The molecule has 0 aliphatic rings. The van der Waals surface area contributed by atoms with E-state index < -0.39 is 17.9 Å². The lowest BCUT2D eigenvalue weighted by Crippen LogP contribution is -2.41. The molecule has 0 radical (unpaired) electrons. The first kappa shape index (κ1) is 25.0. The molecule has 7 nitrogen and oxygen atoms in total. The van der Waals surface area contributed by atoms with Crippen LogP contribution in [0.2, 0.25) is 10.0 Å². The number of phenols is 1. The first-order valence-corrected chi connectivity index (χ1v) is 11.7. The Bertz CT molecular complexity index is 1420. The van der Waals surface area contributed by atoms with E-state index in [1.807, 2.05) is 30.3 Å². The van der Waals surface area contributed by atoms with Gasteiger partial charge in [-0.3, -0.25) is 4.79 Å². The minimum atomic E-state index is -1.17. The molecule has 0 aliphatic carbocycles. The second kappa shape index (κ2) is 11.1. The van der Waals surface area contributed by atoms with Gasteiger partial charge >= 0.3 is 5.97 Å². The maximum Gasteiger partial charge on any atom is 0.326 e. The number of halogens is 2. The molecule has 0 saturated heterocycles. The number of rotatable bonds is 8. The van der Waals surface area contributed by atoms with Gasteiger partial charge in [0.15, 0.2) is 0 Å². The molecule has 0 fully saturated rings. The van der Waals surface area contributed by atoms with Crippen LogP contribution in [0.5, 0.6) is 5.75 Å². The van der Waals surface area contributed by atoms with Gasteiger partial charge in [-0.15, -0.1) is 0 Å². The van der Waals surface area contributed by atoms with Crippen molar-refractivity contribution in [1.29, 1.82) is 0 Å². The third kappa shape index (κ3) is 6.13. The van der Waals surface area contributed by atoms with Gasteiger partial charge in [0.25, 0.3) is 0 Å². The number of carbonyl (C=O) groups excluding carboxylic acids is 1. The number of hydrogen-bond donors (Lipinski definition) is 3. The van der Waals surface area contributed by atoms with E-state index in [1.165, 1.54) is 18.2 Å². The zero-order valence-corrected chi connectivity index (χ0v) is 20.3. The molecule has 0 unspecified atom stereocenters. The number of aromatic hydroxyl groups is 1. The van der Waals surface area contributed by atoms with Crippen LogP contribution >= 0.6 is 23.2 Å². The van der Waals surface area contributed by atoms with Crippen molar-refractivity contribution in [3.05, 3.63) is 106 Å². The summed E-state index contributed by atoms with van der Waals surface area (Å²) in [5.74, 6) is -1.67. The van der Waals surface area contributed by atoms with Gasteiger partial charge in [0.1, 0.15) is 17.5 Å². The van der Waals surface area contributed by atoms with Gasteiger partial charge in [0, 0.05) is 29.8 Å². The lowest BCUT2D eigenvalue weighted by Gasteiger charge is -2.13. The summed E-state index contributed by atoms with van der Waals surface area (Å²) >= 11 is 12.3. The average molecular weight is 522 g/mol. The van der Waals surface area contributed by atoms with Crippen LogP contribution in [0, 0.1) is 0 Å². The minimum Gasteiger partial charge on any atom is -0.508 e. The number of phenolic OH excluding ortho intramolecular Hbond substituents is 1. The van der Waals surface area contributed by atoms with Gasteiger partial charge in [-0.1, -0.05) is 59.6 Å². The Morgan fingerprint density at radius 1 is 1.00 bits per heavy atom. The lowest BCUT2D eigenvalue weighted by molar-refractivity contribution is -0.141. The van der Waals surface area contributed by atoms with Crippen LogP contribution in [-0.4, -0.2) is 37.9 Å². The molecule has 3 N–H and O–H groups in total. The first-order chi connectivity index (χ1) is 17.3. The largest absolute Gasteiger partial charge is 0.508 e. The van der Waals surface area contributed by atoms with E-state index in [1.54, 1.807) is 47.3 Å². The van der Waals surface area contributed by atoms with Gasteiger partial charge in [-0.25, -0.2) is 9.48 Å². The second-order valence-electron chi connectivity index (χ2n) is 7.95. The van der Waals surface area contributed by atoms with Crippen LogP contribution in [0.1, 0.15) is 11.1 Å². The van der Waals surface area contributed by atoms with Gasteiger partial charge in [0.05, 0.1) is 15.7 Å². The number of nitrogens with one attached hydrogen (secondary N) is 1. The highest BCUT2D eigenvalue weighted by molar-refractivity contribution is 6.42. The molecule has 1 aromatic heterocycles. The van der Waals surface area contributed by atoms with E-state index in [-0.39, 0.29) is 12.2 Å². The van der Waals surface area contributed by atoms with E-state index in [4.69, 9.17) is 23.2 Å². The molecule has 4 aromatic rings. The van der Waals surface area contributed by atoms with Crippen molar-refractivity contribution < 1.29 is 19.8 Å². The van der Waals surface area contributed by atoms with Gasteiger partial charge < -0.3 is 15.5 Å². The van der Waals surface area contributed by atoms with Crippen molar-refractivity contribution in [3.8, 4) is 22.7 Å². The van der Waals surface area contributed by atoms with Crippen molar-refractivity contribution in [2.75, 3.05) is 0 Å². The Hall–Kier alpha value is -4.07. The van der Waals surface area contributed by atoms with E-state index in [2.05, 4.69) is 10.4 Å². The number of nitrogens with zero attached hydrogens (tertiary/aromatic N) is 2. The summed E-state index contributed by atoms with van der Waals surface area (Å²) in [5.41, 5.74) is 3.38. The Morgan fingerprint density at radius 3 is 2.39 bits per heavy atom. The van der Waals surface area contributed by atoms with E-state index in [9.17, 15) is 19.8 Å². The van der Waals surface area contributed by atoms with Crippen molar-refractivity contribution in [2.24, 2.45) is 0 Å². The summed E-state index contributed by atoms with van der Waals surface area (Å²) in [6.45, 7) is 0. The summed E-state index contributed by atoms with van der Waals surface area (Å²) in [6, 6.07) is 19.6. The number of carboxylic acid groups (broad SMARTS) is 1. The van der Waals surface area contributed by atoms with Crippen LogP contribution < -0.4 is 5.32 Å². The Labute approximate surface area is 217 Å². The Morgan fingerprint density at radius 2 is 1.72 bits per heavy atom. The minimum absolute atomic E-state index is 0.0651. The average Bonchev–Trinajstić information content (AvgIpc) is 3.30. The number of carboxylic acids is 1. The van der Waals surface area contributed by atoms with E-state index >= 15 is 0 Å². The van der Waals surface area contributed by atoms with E-state index in [0.717, 1.165) is 5.69 Å². The third-order valence-electron chi connectivity index (χ3n) is 5.36. The number of carbonyl (C=O) groups is 2. The Balaban J connectivity index is 1.59. The summed E-state index contributed by atoms with van der Waals surface area (Å²) < 4.78 is 1.68. The Kier molecular flexibility index (Phi) is 7.73. The molecule has 0 saturated carbocycles. The number of para-hydroxylation sites is 1. The summed E-state index contributed by atoms with van der Waals surface area (Å²) in [7, 11) is 0. The molecular formula is C27H21Cl2N3O4. The number of aromatic nitrogens is 2. The highest BCUT2D eigenvalue weighted by Gasteiger charge is 2.20. The van der Waals surface area contributed by atoms with Crippen LogP contribution in [0.3, 0.4) is 0 Å². The van der Waals surface area contributed by atoms with Crippen LogP contribution in [0.25, 0.3) is 23.0 Å². The molecule has 36 heavy (non-hydrogen) atoms. The molecule has 0 aliphatic heterocycles. The number of amides is 1. The number of benzene rings is 3. The molecule has 182 valence electrons. The molecule has 0 bridgehead atoms. The van der Waals surface area contributed by atoms with Gasteiger partial charge in [-0.05, 0) is 48.0 Å². The van der Waals surface area contributed by atoms with Gasteiger partial charge in [-0.2, -0.15) is 5.10 Å². The van der Waals surface area contributed by atoms with Crippen LogP contribution in [-0.2, 0) is 16.0 Å². The monoisotopic (exact) mass is 521 g/mol. The zero-order chi connectivity index (χ0) is 25.7. The summed E-state index contributed by atoms with van der Waals surface area (Å²) in [4.78, 5) is 24.3. The van der Waals surface area contributed by atoms with Crippen LogP contribution in [0.4, 0.5) is 0 Å². The molecular weight excluding hydrogens is 501 g/mol. The zero-order valence-electron chi connectivity index (χ0n) is 18.8.